The van der Waals surface area contributed by atoms with Crippen molar-refractivity contribution in [2.45, 2.75) is 26.8 Å². The van der Waals surface area contributed by atoms with Gasteiger partial charge in [0.15, 0.2) is 5.75 Å². The number of piperazine rings is 1. The van der Waals surface area contributed by atoms with E-state index < -0.39 is 0 Å². The molecule has 2 rings (SSSR count). The molecule has 1 fully saturated rings. The summed E-state index contributed by atoms with van der Waals surface area (Å²) >= 11 is 0. The molecule has 0 aromatic heterocycles. The molecule has 1 N–H and O–H groups in total. The van der Waals surface area contributed by atoms with Crippen molar-refractivity contribution in [1.82, 2.24) is 10.2 Å². The van der Waals surface area contributed by atoms with Gasteiger partial charge in [-0.1, -0.05) is 26.8 Å². The summed E-state index contributed by atoms with van der Waals surface area (Å²) in [7, 11) is 1.46. The normalized spacial score (nSPS) is 18.0. The van der Waals surface area contributed by atoms with Crippen LogP contribution in [0.15, 0.2) is 18.2 Å². The fourth-order valence-electron chi connectivity index (χ4n) is 3.22. The molecule has 1 aliphatic rings. The predicted molar refractivity (Wildman–Crippen MR) is 86.3 cm³/mol. The van der Waals surface area contributed by atoms with Crippen LogP contribution in [0.2, 0.25) is 0 Å². The third-order valence-corrected chi connectivity index (χ3v) is 4.05. The number of methoxy groups -OCH3 is 1. The highest BCUT2D eigenvalue weighted by atomic mass is 16.6. The summed E-state index contributed by atoms with van der Waals surface area (Å²) in [6.07, 6.45) is 0. The summed E-state index contributed by atoms with van der Waals surface area (Å²) in [4.78, 5) is 13.3. The Hall–Kier alpha value is -1.66. The van der Waals surface area contributed by atoms with Gasteiger partial charge in [0.25, 0.3) is 0 Å². The Morgan fingerprint density at radius 2 is 1.95 bits per heavy atom. The van der Waals surface area contributed by atoms with Crippen LogP contribution in [-0.4, -0.2) is 43.1 Å². The van der Waals surface area contributed by atoms with Gasteiger partial charge < -0.3 is 10.1 Å². The molecule has 0 spiro atoms. The lowest BCUT2D eigenvalue weighted by Crippen LogP contribution is -2.48. The van der Waals surface area contributed by atoms with Crippen molar-refractivity contribution in [3.63, 3.8) is 0 Å². The van der Waals surface area contributed by atoms with E-state index in [1.165, 1.54) is 7.11 Å². The third kappa shape index (κ3) is 3.56. The van der Waals surface area contributed by atoms with Crippen LogP contribution in [-0.2, 0) is 0 Å². The standard InChI is InChI=1S/C16H25N3O3/c1-16(2,3)15(18-9-7-17-8-10-18)12-5-6-14(22-4)13(11-12)19(20)21/h5-6,11,15,17H,7-10H2,1-4H3/t15-/m1/s1. The van der Waals surface area contributed by atoms with Gasteiger partial charge >= 0.3 is 5.69 Å². The van der Waals surface area contributed by atoms with Crippen LogP contribution in [0, 0.1) is 15.5 Å². The summed E-state index contributed by atoms with van der Waals surface area (Å²) in [6, 6.07) is 5.45. The van der Waals surface area contributed by atoms with Crippen molar-refractivity contribution in [3.05, 3.63) is 33.9 Å². The summed E-state index contributed by atoms with van der Waals surface area (Å²) < 4.78 is 5.11. The second-order valence-corrected chi connectivity index (χ2v) is 6.74. The largest absolute Gasteiger partial charge is 0.490 e. The Morgan fingerprint density at radius 3 is 2.45 bits per heavy atom. The molecule has 0 radical (unpaired) electrons. The minimum Gasteiger partial charge on any atom is -0.490 e. The van der Waals surface area contributed by atoms with Gasteiger partial charge in [-0.2, -0.15) is 0 Å². The molecule has 1 aromatic carbocycles. The number of nitrogens with one attached hydrogen (secondary N) is 1. The monoisotopic (exact) mass is 307 g/mol. The predicted octanol–water partition coefficient (Wildman–Crippen LogP) is 2.60. The van der Waals surface area contributed by atoms with Gasteiger partial charge in [-0.25, -0.2) is 0 Å². The van der Waals surface area contributed by atoms with Crippen molar-refractivity contribution in [3.8, 4) is 5.75 Å². The number of rotatable bonds is 4. The van der Waals surface area contributed by atoms with Gasteiger partial charge in [0.05, 0.1) is 12.0 Å². The lowest BCUT2D eigenvalue weighted by atomic mass is 9.80. The molecular formula is C16H25N3O3. The quantitative estimate of drug-likeness (QED) is 0.684. The molecule has 6 heteroatoms. The Bertz CT molecular complexity index is 534. The maximum Gasteiger partial charge on any atom is 0.311 e. The molecular weight excluding hydrogens is 282 g/mol. The number of nitro groups is 1. The molecule has 1 saturated heterocycles. The molecule has 1 atom stereocenters. The van der Waals surface area contributed by atoms with E-state index in [2.05, 4.69) is 31.0 Å². The van der Waals surface area contributed by atoms with Crippen molar-refractivity contribution < 1.29 is 9.66 Å². The van der Waals surface area contributed by atoms with Crippen LogP contribution < -0.4 is 10.1 Å². The van der Waals surface area contributed by atoms with E-state index in [9.17, 15) is 10.1 Å². The number of ether oxygens (including phenoxy) is 1. The Balaban J connectivity index is 2.43. The zero-order valence-electron chi connectivity index (χ0n) is 13.8. The summed E-state index contributed by atoms with van der Waals surface area (Å²) in [5.74, 6) is 0.307. The third-order valence-electron chi connectivity index (χ3n) is 4.05. The molecule has 122 valence electrons. The average molecular weight is 307 g/mol. The van der Waals surface area contributed by atoms with E-state index in [4.69, 9.17) is 4.74 Å². The zero-order valence-corrected chi connectivity index (χ0v) is 13.8. The first kappa shape index (κ1) is 16.7. The second kappa shape index (κ2) is 6.62. The highest BCUT2D eigenvalue weighted by molar-refractivity contribution is 5.49. The Kier molecular flexibility index (Phi) is 5.03. The molecule has 0 amide bonds. The van der Waals surface area contributed by atoms with E-state index in [0.717, 1.165) is 31.7 Å². The van der Waals surface area contributed by atoms with Gasteiger partial charge in [-0.05, 0) is 17.0 Å². The first-order valence-corrected chi connectivity index (χ1v) is 7.61. The van der Waals surface area contributed by atoms with Crippen LogP contribution >= 0.6 is 0 Å². The maximum atomic E-state index is 11.3. The molecule has 6 nitrogen and oxygen atoms in total. The fraction of sp³-hybridized carbons (Fsp3) is 0.625. The van der Waals surface area contributed by atoms with Crippen LogP contribution in [0.4, 0.5) is 5.69 Å². The Labute approximate surface area is 131 Å². The van der Waals surface area contributed by atoms with Crippen molar-refractivity contribution in [1.29, 1.82) is 0 Å². The molecule has 0 unspecified atom stereocenters. The number of nitrogens with zero attached hydrogens (tertiary/aromatic N) is 2. The van der Waals surface area contributed by atoms with Gasteiger partial charge in [-0.3, -0.25) is 15.0 Å². The Morgan fingerprint density at radius 1 is 1.32 bits per heavy atom. The van der Waals surface area contributed by atoms with Gasteiger partial charge in [-0.15, -0.1) is 0 Å². The molecule has 1 heterocycles. The van der Waals surface area contributed by atoms with Crippen LogP contribution in [0.1, 0.15) is 32.4 Å². The lowest BCUT2D eigenvalue weighted by molar-refractivity contribution is -0.385. The molecule has 22 heavy (non-hydrogen) atoms. The van der Waals surface area contributed by atoms with Crippen molar-refractivity contribution >= 4 is 5.69 Å². The number of nitro benzene ring substituents is 1. The molecule has 1 aromatic rings. The highest BCUT2D eigenvalue weighted by Gasteiger charge is 2.33. The van der Waals surface area contributed by atoms with E-state index in [0.29, 0.717) is 5.75 Å². The number of hydrogen-bond donors (Lipinski definition) is 1. The van der Waals surface area contributed by atoms with Gasteiger partial charge in [0, 0.05) is 38.3 Å². The minimum atomic E-state index is -0.375. The summed E-state index contributed by atoms with van der Waals surface area (Å²) in [5.41, 5.74) is 0.992. The van der Waals surface area contributed by atoms with E-state index in [1.54, 1.807) is 12.1 Å². The van der Waals surface area contributed by atoms with E-state index >= 15 is 0 Å². The number of hydrogen-bond acceptors (Lipinski definition) is 5. The van der Waals surface area contributed by atoms with E-state index in [1.807, 2.05) is 6.07 Å². The SMILES string of the molecule is COc1ccc([C@@H](N2CCNCC2)C(C)(C)C)cc1[N+](=O)[O-]. The highest BCUT2D eigenvalue weighted by Crippen LogP contribution is 2.40. The van der Waals surface area contributed by atoms with Gasteiger partial charge in [0.2, 0.25) is 0 Å². The van der Waals surface area contributed by atoms with Gasteiger partial charge in [0.1, 0.15) is 0 Å². The first-order chi connectivity index (χ1) is 10.3. The average Bonchev–Trinajstić information content (AvgIpc) is 2.47. The lowest BCUT2D eigenvalue weighted by Gasteiger charge is -2.42. The zero-order chi connectivity index (χ0) is 16.3. The second-order valence-electron chi connectivity index (χ2n) is 6.74. The van der Waals surface area contributed by atoms with Crippen LogP contribution in [0.5, 0.6) is 5.75 Å². The van der Waals surface area contributed by atoms with Crippen LogP contribution in [0.3, 0.4) is 0 Å². The molecule has 0 aliphatic carbocycles. The topological polar surface area (TPSA) is 67.6 Å². The smallest absolute Gasteiger partial charge is 0.311 e. The first-order valence-electron chi connectivity index (χ1n) is 7.61. The summed E-state index contributed by atoms with van der Waals surface area (Å²) in [5, 5.41) is 14.6. The fourth-order valence-corrected chi connectivity index (χ4v) is 3.22. The molecule has 1 aliphatic heterocycles. The maximum absolute atomic E-state index is 11.3. The molecule has 0 bridgehead atoms. The minimum absolute atomic E-state index is 0.0141. The summed E-state index contributed by atoms with van der Waals surface area (Å²) in [6.45, 7) is 10.3. The number of benzene rings is 1. The van der Waals surface area contributed by atoms with E-state index in [-0.39, 0.29) is 22.1 Å². The van der Waals surface area contributed by atoms with Crippen molar-refractivity contribution in [2.24, 2.45) is 5.41 Å². The van der Waals surface area contributed by atoms with Crippen LogP contribution in [0.25, 0.3) is 0 Å². The van der Waals surface area contributed by atoms with Crippen molar-refractivity contribution in [2.75, 3.05) is 33.3 Å². The molecule has 0 saturated carbocycles.